The summed E-state index contributed by atoms with van der Waals surface area (Å²) in [7, 11) is 0. The van der Waals surface area contributed by atoms with E-state index in [0.717, 1.165) is 25.2 Å². The quantitative estimate of drug-likeness (QED) is 0.813. The van der Waals surface area contributed by atoms with E-state index in [1.807, 2.05) is 6.07 Å². The van der Waals surface area contributed by atoms with Crippen LogP contribution in [0.1, 0.15) is 17.5 Å². The molecule has 0 saturated heterocycles. The van der Waals surface area contributed by atoms with Crippen molar-refractivity contribution < 1.29 is 0 Å². The van der Waals surface area contributed by atoms with Gasteiger partial charge >= 0.3 is 0 Å². The number of benzene rings is 1. The summed E-state index contributed by atoms with van der Waals surface area (Å²) in [5.41, 5.74) is 1.98. The highest BCUT2D eigenvalue weighted by molar-refractivity contribution is 5.42. The average molecular weight is 237 g/mol. The van der Waals surface area contributed by atoms with Gasteiger partial charge in [0.05, 0.1) is 11.6 Å². The maximum Gasteiger partial charge on any atom is 0.127 e. The molecular formula is C15H15N3. The van der Waals surface area contributed by atoms with Crippen LogP contribution in [0.25, 0.3) is 0 Å². The van der Waals surface area contributed by atoms with Crippen molar-refractivity contribution in [3.8, 4) is 6.07 Å². The number of nitriles is 1. The van der Waals surface area contributed by atoms with E-state index in [2.05, 4.69) is 40.6 Å². The minimum absolute atomic E-state index is 0.635. The first kappa shape index (κ1) is 12.1. The Bertz CT molecular complexity index is 529. The fourth-order valence-corrected chi connectivity index (χ4v) is 1.75. The Labute approximate surface area is 107 Å². The third-order valence-electron chi connectivity index (χ3n) is 2.68. The van der Waals surface area contributed by atoms with Crippen molar-refractivity contribution in [3.05, 3.63) is 59.8 Å². The van der Waals surface area contributed by atoms with Crippen molar-refractivity contribution in [2.24, 2.45) is 0 Å². The zero-order valence-electron chi connectivity index (χ0n) is 10.1. The standard InChI is InChI=1S/C15H15N3/c16-12-14-8-10-18-15(11-14)17-9-4-7-13-5-2-1-3-6-13/h1-3,5-6,8,10-11H,4,7,9H2,(H,17,18). The Morgan fingerprint density at radius 3 is 2.78 bits per heavy atom. The van der Waals surface area contributed by atoms with E-state index in [9.17, 15) is 0 Å². The van der Waals surface area contributed by atoms with Gasteiger partial charge < -0.3 is 5.32 Å². The van der Waals surface area contributed by atoms with Crippen molar-refractivity contribution >= 4 is 5.82 Å². The molecule has 0 unspecified atom stereocenters. The smallest absolute Gasteiger partial charge is 0.127 e. The molecule has 0 fully saturated rings. The van der Waals surface area contributed by atoms with Crippen molar-refractivity contribution in [1.82, 2.24) is 4.98 Å². The lowest BCUT2D eigenvalue weighted by Gasteiger charge is -2.05. The molecule has 1 aromatic carbocycles. The van der Waals surface area contributed by atoms with Gasteiger partial charge in [0.1, 0.15) is 5.82 Å². The Kier molecular flexibility index (Phi) is 4.32. The van der Waals surface area contributed by atoms with Crippen LogP contribution in [0.5, 0.6) is 0 Å². The first-order valence-corrected chi connectivity index (χ1v) is 6.02. The molecule has 3 nitrogen and oxygen atoms in total. The second-order valence-electron chi connectivity index (χ2n) is 4.06. The molecule has 0 aliphatic heterocycles. The minimum atomic E-state index is 0.635. The van der Waals surface area contributed by atoms with Crippen LogP contribution in [0, 0.1) is 11.3 Å². The minimum Gasteiger partial charge on any atom is -0.370 e. The fraction of sp³-hybridized carbons (Fsp3) is 0.200. The van der Waals surface area contributed by atoms with Crippen molar-refractivity contribution in [3.63, 3.8) is 0 Å². The van der Waals surface area contributed by atoms with Crippen LogP contribution in [-0.2, 0) is 6.42 Å². The Balaban J connectivity index is 1.77. The van der Waals surface area contributed by atoms with Gasteiger partial charge in [-0.25, -0.2) is 4.98 Å². The Hall–Kier alpha value is -2.34. The Morgan fingerprint density at radius 1 is 1.17 bits per heavy atom. The van der Waals surface area contributed by atoms with E-state index in [0.29, 0.717) is 5.56 Å². The number of aromatic nitrogens is 1. The lowest BCUT2D eigenvalue weighted by molar-refractivity contribution is 0.859. The summed E-state index contributed by atoms with van der Waals surface area (Å²) >= 11 is 0. The van der Waals surface area contributed by atoms with E-state index in [4.69, 9.17) is 5.26 Å². The van der Waals surface area contributed by atoms with Crippen LogP contribution in [0.2, 0.25) is 0 Å². The predicted octanol–water partition coefficient (Wildman–Crippen LogP) is 3.00. The fourth-order valence-electron chi connectivity index (χ4n) is 1.75. The predicted molar refractivity (Wildman–Crippen MR) is 72.2 cm³/mol. The number of nitrogens with zero attached hydrogens (tertiary/aromatic N) is 2. The van der Waals surface area contributed by atoms with E-state index < -0.39 is 0 Å². The highest BCUT2D eigenvalue weighted by atomic mass is 15.0. The van der Waals surface area contributed by atoms with Gasteiger partial charge in [0.15, 0.2) is 0 Å². The second kappa shape index (κ2) is 6.41. The summed E-state index contributed by atoms with van der Waals surface area (Å²) < 4.78 is 0. The molecule has 1 N–H and O–H groups in total. The van der Waals surface area contributed by atoms with Crippen LogP contribution < -0.4 is 5.32 Å². The van der Waals surface area contributed by atoms with Gasteiger partial charge in [-0.1, -0.05) is 30.3 Å². The van der Waals surface area contributed by atoms with Crippen molar-refractivity contribution in [2.75, 3.05) is 11.9 Å². The van der Waals surface area contributed by atoms with Gasteiger partial charge in [0.2, 0.25) is 0 Å². The summed E-state index contributed by atoms with van der Waals surface area (Å²) in [6.07, 6.45) is 3.74. The molecule has 90 valence electrons. The molecule has 3 heteroatoms. The lowest BCUT2D eigenvalue weighted by atomic mass is 10.1. The zero-order chi connectivity index (χ0) is 12.6. The van der Waals surface area contributed by atoms with Gasteiger partial charge in [-0.15, -0.1) is 0 Å². The molecule has 1 aromatic heterocycles. The van der Waals surface area contributed by atoms with Crippen molar-refractivity contribution in [2.45, 2.75) is 12.8 Å². The molecule has 1 heterocycles. The molecular weight excluding hydrogens is 222 g/mol. The maximum absolute atomic E-state index is 8.78. The SMILES string of the molecule is N#Cc1ccnc(NCCCc2ccccc2)c1. The molecule has 2 aromatic rings. The molecule has 0 aliphatic carbocycles. The van der Waals surface area contributed by atoms with Crippen LogP contribution >= 0.6 is 0 Å². The third-order valence-corrected chi connectivity index (χ3v) is 2.68. The summed E-state index contributed by atoms with van der Waals surface area (Å²) in [5, 5.41) is 12.0. The highest BCUT2D eigenvalue weighted by Crippen LogP contribution is 2.07. The molecule has 18 heavy (non-hydrogen) atoms. The lowest BCUT2D eigenvalue weighted by Crippen LogP contribution is -2.04. The first-order chi connectivity index (χ1) is 8.88. The molecule has 0 spiro atoms. The molecule has 0 amide bonds. The summed E-state index contributed by atoms with van der Waals surface area (Å²) in [5.74, 6) is 0.766. The van der Waals surface area contributed by atoms with Crippen molar-refractivity contribution in [1.29, 1.82) is 5.26 Å². The van der Waals surface area contributed by atoms with E-state index >= 15 is 0 Å². The van der Waals surface area contributed by atoms with Gasteiger partial charge in [0.25, 0.3) is 0 Å². The molecule has 0 aliphatic rings. The molecule has 0 saturated carbocycles. The van der Waals surface area contributed by atoms with Gasteiger partial charge in [-0.05, 0) is 30.5 Å². The number of nitrogens with one attached hydrogen (secondary N) is 1. The molecule has 0 atom stereocenters. The second-order valence-corrected chi connectivity index (χ2v) is 4.06. The monoisotopic (exact) mass is 237 g/mol. The van der Waals surface area contributed by atoms with E-state index in [1.165, 1.54) is 5.56 Å². The molecule has 2 rings (SSSR count). The largest absolute Gasteiger partial charge is 0.370 e. The van der Waals surface area contributed by atoms with E-state index in [1.54, 1.807) is 18.3 Å². The summed E-state index contributed by atoms with van der Waals surface area (Å²) in [6.45, 7) is 0.858. The average Bonchev–Trinajstić information content (AvgIpc) is 2.45. The Morgan fingerprint density at radius 2 is 2.00 bits per heavy atom. The number of hydrogen-bond donors (Lipinski definition) is 1. The number of aryl methyl sites for hydroxylation is 1. The maximum atomic E-state index is 8.78. The zero-order valence-corrected chi connectivity index (χ0v) is 10.1. The normalized spacial score (nSPS) is 9.72. The van der Waals surface area contributed by atoms with Gasteiger partial charge in [0, 0.05) is 12.7 Å². The number of hydrogen-bond acceptors (Lipinski definition) is 3. The first-order valence-electron chi connectivity index (χ1n) is 6.02. The van der Waals surface area contributed by atoms with Gasteiger partial charge in [-0.3, -0.25) is 0 Å². The highest BCUT2D eigenvalue weighted by Gasteiger charge is 1.96. The van der Waals surface area contributed by atoms with Crippen LogP contribution in [0.4, 0.5) is 5.82 Å². The molecule has 0 bridgehead atoms. The van der Waals surface area contributed by atoms with Crippen LogP contribution in [0.15, 0.2) is 48.7 Å². The van der Waals surface area contributed by atoms with Crippen LogP contribution in [-0.4, -0.2) is 11.5 Å². The topological polar surface area (TPSA) is 48.7 Å². The number of rotatable bonds is 5. The summed E-state index contributed by atoms with van der Waals surface area (Å²) in [6, 6.07) is 16.0. The number of pyridine rings is 1. The summed E-state index contributed by atoms with van der Waals surface area (Å²) in [4.78, 5) is 4.17. The third kappa shape index (κ3) is 3.60. The van der Waals surface area contributed by atoms with Crippen LogP contribution in [0.3, 0.4) is 0 Å². The molecule has 0 radical (unpaired) electrons. The number of anilines is 1. The van der Waals surface area contributed by atoms with Gasteiger partial charge in [-0.2, -0.15) is 5.26 Å². The van der Waals surface area contributed by atoms with E-state index in [-0.39, 0.29) is 0 Å².